The van der Waals surface area contributed by atoms with Crippen LogP contribution in [0.1, 0.15) is 16.7 Å². The van der Waals surface area contributed by atoms with Crippen molar-refractivity contribution in [2.24, 2.45) is 11.8 Å². The Morgan fingerprint density at radius 3 is 2.36 bits per heavy atom. The molecule has 3 aliphatic rings. The van der Waals surface area contributed by atoms with Crippen LogP contribution < -0.4 is 15.1 Å². The summed E-state index contributed by atoms with van der Waals surface area (Å²) in [6.45, 7) is 3.86. The van der Waals surface area contributed by atoms with Crippen LogP contribution in [0.5, 0.6) is 0 Å². The van der Waals surface area contributed by atoms with Crippen LogP contribution in [-0.2, 0) is 14.4 Å². The summed E-state index contributed by atoms with van der Waals surface area (Å²) in [6.07, 6.45) is 3.93. The van der Waals surface area contributed by atoms with Gasteiger partial charge in [0, 0.05) is 16.4 Å². The Hall–Kier alpha value is -3.90. The van der Waals surface area contributed by atoms with Crippen molar-refractivity contribution in [1.82, 2.24) is 0 Å². The zero-order valence-corrected chi connectivity index (χ0v) is 20.6. The van der Waals surface area contributed by atoms with Gasteiger partial charge in [0.15, 0.2) is 0 Å². The van der Waals surface area contributed by atoms with E-state index < -0.39 is 23.9 Å². The van der Waals surface area contributed by atoms with Crippen molar-refractivity contribution in [3.63, 3.8) is 0 Å². The first kappa shape index (κ1) is 22.6. The fourth-order valence-electron chi connectivity index (χ4n) is 5.86. The van der Waals surface area contributed by atoms with Crippen molar-refractivity contribution < 1.29 is 14.4 Å². The van der Waals surface area contributed by atoms with Crippen LogP contribution in [0.2, 0.25) is 5.02 Å². The van der Waals surface area contributed by atoms with Crippen molar-refractivity contribution in [1.29, 1.82) is 0 Å². The SMILES string of the molecule is Cc1ccc(N2C(=O)[C@@H]3[C@H](C2=O)[C@@H]2C=Cc4ccccc4N2[C@@H]3C(=O)Nc2ccc(Cl)cc2)c(C)c1. The summed E-state index contributed by atoms with van der Waals surface area (Å²) in [5, 5.41) is 3.51. The minimum atomic E-state index is -0.853. The van der Waals surface area contributed by atoms with Crippen LogP contribution in [0.25, 0.3) is 6.08 Å². The maximum atomic E-state index is 14.0. The smallest absolute Gasteiger partial charge is 0.247 e. The Bertz CT molecular complexity index is 1450. The molecule has 2 saturated heterocycles. The lowest BCUT2D eigenvalue weighted by Crippen LogP contribution is -2.50. The molecule has 6 nitrogen and oxygen atoms in total. The quantitative estimate of drug-likeness (QED) is 0.518. The second-order valence-corrected chi connectivity index (χ2v) is 10.0. The molecule has 6 rings (SSSR count). The summed E-state index contributed by atoms with van der Waals surface area (Å²) in [5.41, 5.74) is 4.84. The number of nitrogens with zero attached hydrogens (tertiary/aromatic N) is 2. The molecule has 0 aromatic heterocycles. The normalized spacial score (nSPS) is 24.0. The molecule has 2 fully saturated rings. The van der Waals surface area contributed by atoms with E-state index in [4.69, 9.17) is 11.6 Å². The highest BCUT2D eigenvalue weighted by atomic mass is 35.5. The molecular formula is C29H24ClN3O3. The molecule has 7 heteroatoms. The zero-order valence-electron chi connectivity index (χ0n) is 19.8. The maximum Gasteiger partial charge on any atom is 0.247 e. The Morgan fingerprint density at radius 1 is 0.889 bits per heavy atom. The molecule has 0 aliphatic carbocycles. The van der Waals surface area contributed by atoms with Gasteiger partial charge in [-0.05, 0) is 61.4 Å². The van der Waals surface area contributed by atoms with Crippen LogP contribution >= 0.6 is 11.6 Å². The second kappa shape index (κ2) is 8.35. The maximum absolute atomic E-state index is 14.0. The lowest BCUT2D eigenvalue weighted by Gasteiger charge is -2.36. The van der Waals surface area contributed by atoms with Crippen molar-refractivity contribution in [3.8, 4) is 0 Å². The molecule has 0 saturated carbocycles. The Balaban J connectivity index is 1.44. The predicted molar refractivity (Wildman–Crippen MR) is 141 cm³/mol. The summed E-state index contributed by atoms with van der Waals surface area (Å²) in [7, 11) is 0. The molecule has 3 heterocycles. The number of hydrogen-bond acceptors (Lipinski definition) is 4. The van der Waals surface area contributed by atoms with Crippen LogP contribution in [0.15, 0.2) is 72.8 Å². The molecule has 180 valence electrons. The molecule has 4 atom stereocenters. The number of fused-ring (bicyclic) bond motifs is 5. The Morgan fingerprint density at radius 2 is 1.61 bits per heavy atom. The van der Waals surface area contributed by atoms with Crippen LogP contribution in [0.3, 0.4) is 0 Å². The number of para-hydroxylation sites is 1. The standard InChI is InChI=1S/C29H24ClN3O3/c1-16-7-13-21(17(2)15-16)33-28(35)24-23-14-8-18-5-3-4-6-22(18)32(23)26(25(24)29(33)36)27(34)31-20-11-9-19(30)10-12-20/h3-15,23-26H,1-2H3,(H,31,34)/t23-,24+,25+,26-/m0/s1. The third kappa shape index (κ3) is 3.36. The average molecular weight is 498 g/mol. The number of amides is 3. The van der Waals surface area contributed by atoms with E-state index in [1.807, 2.05) is 73.4 Å². The molecule has 36 heavy (non-hydrogen) atoms. The number of aryl methyl sites for hydroxylation is 2. The van der Waals surface area contributed by atoms with Crippen molar-refractivity contribution in [2.45, 2.75) is 25.9 Å². The summed E-state index contributed by atoms with van der Waals surface area (Å²) in [5.74, 6) is -2.41. The number of halogens is 1. The van der Waals surface area contributed by atoms with Gasteiger partial charge in [0.25, 0.3) is 0 Å². The van der Waals surface area contributed by atoms with E-state index in [-0.39, 0.29) is 17.7 Å². The molecule has 3 aliphatic heterocycles. The highest BCUT2D eigenvalue weighted by Crippen LogP contribution is 2.49. The first-order chi connectivity index (χ1) is 17.3. The first-order valence-corrected chi connectivity index (χ1v) is 12.3. The lowest BCUT2D eigenvalue weighted by molar-refractivity contribution is -0.126. The van der Waals surface area contributed by atoms with E-state index in [0.29, 0.717) is 16.4 Å². The molecule has 0 unspecified atom stereocenters. The third-order valence-electron chi connectivity index (χ3n) is 7.39. The van der Waals surface area contributed by atoms with Crippen molar-refractivity contribution in [2.75, 3.05) is 15.1 Å². The van der Waals surface area contributed by atoms with Gasteiger partial charge in [-0.1, -0.05) is 59.6 Å². The summed E-state index contributed by atoms with van der Waals surface area (Å²) in [6, 6.07) is 19.0. The van der Waals surface area contributed by atoms with Gasteiger partial charge in [-0.2, -0.15) is 0 Å². The van der Waals surface area contributed by atoms with Gasteiger partial charge in [0.2, 0.25) is 17.7 Å². The zero-order chi connectivity index (χ0) is 25.1. The molecular weight excluding hydrogens is 474 g/mol. The van der Waals surface area contributed by atoms with Gasteiger partial charge >= 0.3 is 0 Å². The Labute approximate surface area is 214 Å². The number of carbonyl (C=O) groups excluding carboxylic acids is 3. The molecule has 0 radical (unpaired) electrons. The van der Waals surface area contributed by atoms with Gasteiger partial charge < -0.3 is 10.2 Å². The summed E-state index contributed by atoms with van der Waals surface area (Å²) >= 11 is 6.01. The number of imide groups is 1. The van der Waals surface area contributed by atoms with Gasteiger partial charge in [0.05, 0.1) is 23.6 Å². The molecule has 0 spiro atoms. The number of hydrogen-bond donors (Lipinski definition) is 1. The lowest BCUT2D eigenvalue weighted by atomic mass is 9.88. The number of anilines is 3. The minimum absolute atomic E-state index is 0.266. The average Bonchev–Trinajstić information content (AvgIpc) is 3.34. The predicted octanol–water partition coefficient (Wildman–Crippen LogP) is 4.99. The molecule has 3 amide bonds. The van der Waals surface area contributed by atoms with E-state index in [1.165, 1.54) is 4.90 Å². The van der Waals surface area contributed by atoms with Gasteiger partial charge in [-0.15, -0.1) is 0 Å². The Kier molecular flexibility index (Phi) is 5.23. The number of nitrogens with one attached hydrogen (secondary N) is 1. The number of carbonyl (C=O) groups is 3. The van der Waals surface area contributed by atoms with Crippen molar-refractivity contribution in [3.05, 3.63) is 94.5 Å². The fraction of sp³-hybridized carbons (Fsp3) is 0.207. The number of benzene rings is 3. The molecule has 0 bridgehead atoms. The van der Waals surface area contributed by atoms with E-state index in [0.717, 1.165) is 22.4 Å². The second-order valence-electron chi connectivity index (χ2n) is 9.61. The fourth-order valence-corrected chi connectivity index (χ4v) is 5.98. The molecule has 3 aromatic carbocycles. The summed E-state index contributed by atoms with van der Waals surface area (Å²) in [4.78, 5) is 44.9. The first-order valence-electron chi connectivity index (χ1n) is 11.9. The highest BCUT2D eigenvalue weighted by molar-refractivity contribution is 6.30. The minimum Gasteiger partial charge on any atom is -0.351 e. The largest absolute Gasteiger partial charge is 0.351 e. The van der Waals surface area contributed by atoms with Gasteiger partial charge in [0.1, 0.15) is 6.04 Å². The molecule has 3 aromatic rings. The van der Waals surface area contributed by atoms with Crippen molar-refractivity contribution >= 4 is 52.5 Å². The van der Waals surface area contributed by atoms with E-state index in [2.05, 4.69) is 5.32 Å². The van der Waals surface area contributed by atoms with Gasteiger partial charge in [-0.3, -0.25) is 14.4 Å². The highest BCUT2D eigenvalue weighted by Gasteiger charge is 2.64. The van der Waals surface area contributed by atoms with Crippen LogP contribution in [-0.4, -0.2) is 29.8 Å². The third-order valence-corrected chi connectivity index (χ3v) is 7.64. The topological polar surface area (TPSA) is 69.7 Å². The molecule has 1 N–H and O–H groups in total. The van der Waals surface area contributed by atoms with E-state index in [9.17, 15) is 14.4 Å². The monoisotopic (exact) mass is 497 g/mol. The van der Waals surface area contributed by atoms with Crippen LogP contribution in [0, 0.1) is 25.7 Å². The van der Waals surface area contributed by atoms with E-state index in [1.54, 1.807) is 24.3 Å². The van der Waals surface area contributed by atoms with E-state index >= 15 is 0 Å². The summed E-state index contributed by atoms with van der Waals surface area (Å²) < 4.78 is 0. The van der Waals surface area contributed by atoms with Crippen LogP contribution in [0.4, 0.5) is 17.1 Å². The van der Waals surface area contributed by atoms with Gasteiger partial charge in [-0.25, -0.2) is 4.90 Å². The number of rotatable bonds is 3.